The van der Waals surface area contributed by atoms with Crippen LogP contribution in [0.5, 0.6) is 5.75 Å². The molecule has 1 aliphatic rings. The maximum atomic E-state index is 5.81. The van der Waals surface area contributed by atoms with Crippen molar-refractivity contribution in [2.24, 2.45) is 0 Å². The molecule has 0 amide bonds. The minimum absolute atomic E-state index is 0.501. The van der Waals surface area contributed by atoms with Gasteiger partial charge in [-0.15, -0.1) is 0 Å². The second kappa shape index (κ2) is 4.75. The molecule has 1 fully saturated rings. The average Bonchev–Trinajstić information content (AvgIpc) is 2.85. The normalized spacial score (nSPS) is 20.6. The van der Waals surface area contributed by atoms with Crippen LogP contribution in [0.4, 0.5) is 0 Å². The molecule has 1 aromatic carbocycles. The second-order valence-corrected chi connectivity index (χ2v) is 4.58. The molecule has 0 aliphatic carbocycles. The molecule has 1 aliphatic heterocycles. The van der Waals surface area contributed by atoms with Crippen LogP contribution in [-0.4, -0.2) is 29.4 Å². The topological polar surface area (TPSA) is 49.9 Å². The molecule has 0 bridgehead atoms. The van der Waals surface area contributed by atoms with E-state index in [9.17, 15) is 0 Å². The number of aromatic nitrogens is 2. The van der Waals surface area contributed by atoms with Crippen molar-refractivity contribution in [2.75, 3.05) is 13.2 Å². The number of H-pyrrole nitrogens is 1. The monoisotopic (exact) mass is 231 g/mol. The molecule has 2 N–H and O–H groups in total. The molecule has 2 aromatic rings. The van der Waals surface area contributed by atoms with Crippen LogP contribution in [0, 0.1) is 0 Å². The predicted molar refractivity (Wildman–Crippen MR) is 67.2 cm³/mol. The number of nitrogens with zero attached hydrogens (tertiary/aromatic N) is 1. The lowest BCUT2D eigenvalue weighted by Gasteiger charge is -2.23. The van der Waals surface area contributed by atoms with E-state index in [1.54, 1.807) is 0 Å². The zero-order valence-corrected chi connectivity index (χ0v) is 9.78. The highest BCUT2D eigenvalue weighted by atomic mass is 16.5. The van der Waals surface area contributed by atoms with Crippen molar-refractivity contribution in [3.05, 3.63) is 24.4 Å². The molecule has 3 rings (SSSR count). The summed E-state index contributed by atoms with van der Waals surface area (Å²) in [6, 6.07) is 6.54. The maximum Gasteiger partial charge on any atom is 0.121 e. The van der Waals surface area contributed by atoms with Crippen LogP contribution < -0.4 is 10.1 Å². The van der Waals surface area contributed by atoms with E-state index in [0.29, 0.717) is 6.04 Å². The molecule has 0 spiro atoms. The summed E-state index contributed by atoms with van der Waals surface area (Å²) in [5, 5.41) is 11.5. The minimum atomic E-state index is 0.501. The SMILES string of the molecule is c1cc2cn[nH]c2cc1OCC1CCCCN1. The van der Waals surface area contributed by atoms with E-state index in [1.807, 2.05) is 24.4 Å². The number of nitrogens with one attached hydrogen (secondary N) is 2. The average molecular weight is 231 g/mol. The molecule has 90 valence electrons. The summed E-state index contributed by atoms with van der Waals surface area (Å²) in [6.07, 6.45) is 5.63. The molecule has 1 unspecified atom stereocenters. The van der Waals surface area contributed by atoms with Crippen molar-refractivity contribution >= 4 is 10.9 Å². The van der Waals surface area contributed by atoms with E-state index in [0.717, 1.165) is 29.8 Å². The second-order valence-electron chi connectivity index (χ2n) is 4.58. The van der Waals surface area contributed by atoms with Gasteiger partial charge in [-0.05, 0) is 31.5 Å². The number of ether oxygens (including phenoxy) is 1. The molecule has 1 atom stereocenters. The number of piperidine rings is 1. The van der Waals surface area contributed by atoms with Gasteiger partial charge in [-0.2, -0.15) is 5.10 Å². The molecule has 0 saturated carbocycles. The number of fused-ring (bicyclic) bond motifs is 1. The Hall–Kier alpha value is -1.55. The standard InChI is InChI=1S/C13H17N3O/c1-2-6-14-11(3-1)9-17-12-5-4-10-8-15-16-13(10)7-12/h4-5,7-8,11,14H,1-3,6,9H2,(H,15,16). The molecular formula is C13H17N3O. The zero-order chi connectivity index (χ0) is 11.5. The third kappa shape index (κ3) is 2.42. The number of rotatable bonds is 3. The Morgan fingerprint density at radius 1 is 1.35 bits per heavy atom. The van der Waals surface area contributed by atoms with E-state index in [-0.39, 0.29) is 0 Å². The van der Waals surface area contributed by atoms with Crippen molar-refractivity contribution < 1.29 is 4.74 Å². The van der Waals surface area contributed by atoms with Gasteiger partial charge in [-0.25, -0.2) is 0 Å². The van der Waals surface area contributed by atoms with Crippen LogP contribution in [-0.2, 0) is 0 Å². The first-order valence-corrected chi connectivity index (χ1v) is 6.21. The first kappa shape index (κ1) is 10.6. The molecule has 2 heterocycles. The van der Waals surface area contributed by atoms with Crippen LogP contribution >= 0.6 is 0 Å². The van der Waals surface area contributed by atoms with Gasteiger partial charge in [0.25, 0.3) is 0 Å². The van der Waals surface area contributed by atoms with Crippen molar-refractivity contribution in [2.45, 2.75) is 25.3 Å². The van der Waals surface area contributed by atoms with E-state index in [1.165, 1.54) is 19.3 Å². The fraction of sp³-hybridized carbons (Fsp3) is 0.462. The first-order valence-electron chi connectivity index (χ1n) is 6.21. The quantitative estimate of drug-likeness (QED) is 0.850. The van der Waals surface area contributed by atoms with Gasteiger partial charge in [0.15, 0.2) is 0 Å². The van der Waals surface area contributed by atoms with Crippen molar-refractivity contribution in [3.8, 4) is 5.75 Å². The van der Waals surface area contributed by atoms with E-state index >= 15 is 0 Å². The van der Waals surface area contributed by atoms with Gasteiger partial charge in [0, 0.05) is 17.5 Å². The molecule has 0 radical (unpaired) electrons. The molecule has 4 heteroatoms. The Labute approximate surface area is 100 Å². The number of benzene rings is 1. The van der Waals surface area contributed by atoms with E-state index in [2.05, 4.69) is 15.5 Å². The van der Waals surface area contributed by atoms with Gasteiger partial charge in [-0.1, -0.05) is 6.42 Å². The molecule has 17 heavy (non-hydrogen) atoms. The number of hydrogen-bond acceptors (Lipinski definition) is 3. The summed E-state index contributed by atoms with van der Waals surface area (Å²) in [6.45, 7) is 1.87. The summed E-state index contributed by atoms with van der Waals surface area (Å²) in [7, 11) is 0. The molecular weight excluding hydrogens is 214 g/mol. The Bertz CT molecular complexity index is 488. The lowest BCUT2D eigenvalue weighted by atomic mass is 10.1. The first-order chi connectivity index (χ1) is 8.42. The van der Waals surface area contributed by atoms with Crippen LogP contribution in [0.1, 0.15) is 19.3 Å². The summed E-state index contributed by atoms with van der Waals surface area (Å²) in [5.74, 6) is 0.911. The van der Waals surface area contributed by atoms with Crippen molar-refractivity contribution in [1.82, 2.24) is 15.5 Å². The smallest absolute Gasteiger partial charge is 0.121 e. The summed E-state index contributed by atoms with van der Waals surface area (Å²) in [5.41, 5.74) is 1.03. The van der Waals surface area contributed by atoms with Crippen LogP contribution in [0.15, 0.2) is 24.4 Å². The number of hydrogen-bond donors (Lipinski definition) is 2. The lowest BCUT2D eigenvalue weighted by Crippen LogP contribution is -2.38. The van der Waals surface area contributed by atoms with Crippen LogP contribution in [0.25, 0.3) is 10.9 Å². The van der Waals surface area contributed by atoms with Crippen LogP contribution in [0.2, 0.25) is 0 Å². The molecule has 4 nitrogen and oxygen atoms in total. The highest BCUT2D eigenvalue weighted by molar-refractivity contribution is 5.79. The summed E-state index contributed by atoms with van der Waals surface area (Å²) >= 11 is 0. The molecule has 1 saturated heterocycles. The Morgan fingerprint density at radius 3 is 3.24 bits per heavy atom. The van der Waals surface area contributed by atoms with Gasteiger partial charge in [-0.3, -0.25) is 5.10 Å². The van der Waals surface area contributed by atoms with Crippen LogP contribution in [0.3, 0.4) is 0 Å². The van der Waals surface area contributed by atoms with E-state index < -0.39 is 0 Å². The van der Waals surface area contributed by atoms with Gasteiger partial charge in [0.1, 0.15) is 12.4 Å². The van der Waals surface area contributed by atoms with Crippen molar-refractivity contribution in [3.63, 3.8) is 0 Å². The zero-order valence-electron chi connectivity index (χ0n) is 9.78. The lowest BCUT2D eigenvalue weighted by molar-refractivity contribution is 0.239. The predicted octanol–water partition coefficient (Wildman–Crippen LogP) is 2.08. The number of aromatic amines is 1. The van der Waals surface area contributed by atoms with Gasteiger partial charge in [0.2, 0.25) is 0 Å². The minimum Gasteiger partial charge on any atom is -0.492 e. The largest absolute Gasteiger partial charge is 0.492 e. The fourth-order valence-corrected chi connectivity index (χ4v) is 2.27. The van der Waals surface area contributed by atoms with Crippen molar-refractivity contribution in [1.29, 1.82) is 0 Å². The molecule has 1 aromatic heterocycles. The van der Waals surface area contributed by atoms with Gasteiger partial charge < -0.3 is 10.1 Å². The Balaban J connectivity index is 1.63. The summed E-state index contributed by atoms with van der Waals surface area (Å²) in [4.78, 5) is 0. The summed E-state index contributed by atoms with van der Waals surface area (Å²) < 4.78 is 5.81. The fourth-order valence-electron chi connectivity index (χ4n) is 2.27. The third-order valence-electron chi connectivity index (χ3n) is 3.28. The van der Waals surface area contributed by atoms with Gasteiger partial charge >= 0.3 is 0 Å². The maximum absolute atomic E-state index is 5.81. The van der Waals surface area contributed by atoms with E-state index in [4.69, 9.17) is 4.74 Å². The van der Waals surface area contributed by atoms with Gasteiger partial charge in [0.05, 0.1) is 11.7 Å². The highest BCUT2D eigenvalue weighted by Gasteiger charge is 2.12. The Kier molecular flexibility index (Phi) is 2.96. The highest BCUT2D eigenvalue weighted by Crippen LogP contribution is 2.19. The third-order valence-corrected chi connectivity index (χ3v) is 3.28. The Morgan fingerprint density at radius 2 is 2.35 bits per heavy atom.